The van der Waals surface area contributed by atoms with Crippen LogP contribution < -0.4 is 11.1 Å². The Kier molecular flexibility index (Phi) is 6.64. The molecular formula is C9H19N3O3. The van der Waals surface area contributed by atoms with Crippen molar-refractivity contribution < 1.29 is 14.3 Å². The predicted octanol–water partition coefficient (Wildman–Crippen LogP) is -1.45. The van der Waals surface area contributed by atoms with Crippen molar-refractivity contribution >= 4 is 11.8 Å². The molecule has 0 aliphatic carbocycles. The molecule has 0 saturated heterocycles. The highest BCUT2D eigenvalue weighted by molar-refractivity contribution is 5.82. The first-order valence-corrected chi connectivity index (χ1v) is 4.74. The number of rotatable bonds is 7. The van der Waals surface area contributed by atoms with Crippen LogP contribution in [0.4, 0.5) is 0 Å². The number of nitrogens with two attached hydrogens (primary N) is 1. The summed E-state index contributed by atoms with van der Waals surface area (Å²) in [7, 11) is 3.23. The van der Waals surface area contributed by atoms with Crippen molar-refractivity contribution in [2.75, 3.05) is 33.9 Å². The van der Waals surface area contributed by atoms with Crippen LogP contribution in [0.1, 0.15) is 6.92 Å². The second-order valence-corrected chi connectivity index (χ2v) is 3.34. The van der Waals surface area contributed by atoms with Gasteiger partial charge in [0.2, 0.25) is 11.8 Å². The van der Waals surface area contributed by atoms with Gasteiger partial charge in [-0.2, -0.15) is 0 Å². The van der Waals surface area contributed by atoms with Gasteiger partial charge in [0.05, 0.1) is 19.2 Å². The highest BCUT2D eigenvalue weighted by Crippen LogP contribution is 1.92. The number of carbonyl (C=O) groups excluding carboxylic acids is 2. The van der Waals surface area contributed by atoms with Gasteiger partial charge in [-0.25, -0.2) is 0 Å². The maximum Gasteiger partial charge on any atom is 0.234 e. The summed E-state index contributed by atoms with van der Waals surface area (Å²) in [5.74, 6) is -0.593. The SMILES string of the molecule is COCCNC(=O)CN(C)C(C)C(N)=O. The van der Waals surface area contributed by atoms with E-state index < -0.39 is 11.9 Å². The van der Waals surface area contributed by atoms with Crippen LogP contribution in [0.25, 0.3) is 0 Å². The minimum Gasteiger partial charge on any atom is -0.383 e. The number of likely N-dealkylation sites (N-methyl/N-ethyl adjacent to an activating group) is 1. The van der Waals surface area contributed by atoms with Crippen LogP contribution in [0.15, 0.2) is 0 Å². The van der Waals surface area contributed by atoms with E-state index in [4.69, 9.17) is 10.5 Å². The van der Waals surface area contributed by atoms with E-state index in [2.05, 4.69) is 5.32 Å². The molecule has 1 unspecified atom stereocenters. The second kappa shape index (κ2) is 7.19. The van der Waals surface area contributed by atoms with Crippen LogP contribution >= 0.6 is 0 Å². The number of primary amides is 1. The summed E-state index contributed by atoms with van der Waals surface area (Å²) < 4.78 is 4.78. The van der Waals surface area contributed by atoms with E-state index in [1.165, 1.54) is 0 Å². The minimum absolute atomic E-state index is 0.147. The number of hydrogen-bond donors (Lipinski definition) is 2. The second-order valence-electron chi connectivity index (χ2n) is 3.34. The highest BCUT2D eigenvalue weighted by Gasteiger charge is 2.16. The third-order valence-electron chi connectivity index (χ3n) is 2.09. The van der Waals surface area contributed by atoms with Crippen LogP contribution in [-0.2, 0) is 14.3 Å². The van der Waals surface area contributed by atoms with Crippen LogP contribution in [0.5, 0.6) is 0 Å². The zero-order valence-electron chi connectivity index (χ0n) is 9.45. The van der Waals surface area contributed by atoms with E-state index in [1.54, 1.807) is 26.0 Å². The zero-order chi connectivity index (χ0) is 11.8. The fourth-order valence-corrected chi connectivity index (χ4v) is 0.929. The number of methoxy groups -OCH3 is 1. The molecule has 0 heterocycles. The Morgan fingerprint density at radius 2 is 2.13 bits per heavy atom. The van der Waals surface area contributed by atoms with Crippen molar-refractivity contribution in [3.8, 4) is 0 Å². The predicted molar refractivity (Wildman–Crippen MR) is 56.2 cm³/mol. The first-order valence-electron chi connectivity index (χ1n) is 4.74. The number of carbonyl (C=O) groups is 2. The van der Waals surface area contributed by atoms with E-state index in [1.807, 2.05) is 0 Å². The smallest absolute Gasteiger partial charge is 0.234 e. The Labute approximate surface area is 89.7 Å². The van der Waals surface area contributed by atoms with Gasteiger partial charge in [0.15, 0.2) is 0 Å². The Hall–Kier alpha value is -1.14. The number of hydrogen-bond acceptors (Lipinski definition) is 4. The number of nitrogens with zero attached hydrogens (tertiary/aromatic N) is 1. The molecule has 0 aromatic carbocycles. The Bertz CT molecular complexity index is 221. The summed E-state index contributed by atoms with van der Waals surface area (Å²) in [5, 5.41) is 2.65. The lowest BCUT2D eigenvalue weighted by Gasteiger charge is -2.20. The van der Waals surface area contributed by atoms with Crippen LogP contribution in [0, 0.1) is 0 Å². The third kappa shape index (κ3) is 6.03. The van der Waals surface area contributed by atoms with Gasteiger partial charge in [0, 0.05) is 13.7 Å². The molecule has 1 atom stereocenters. The van der Waals surface area contributed by atoms with E-state index in [0.717, 1.165) is 0 Å². The largest absolute Gasteiger partial charge is 0.383 e. The van der Waals surface area contributed by atoms with Crippen molar-refractivity contribution in [3.05, 3.63) is 0 Å². The van der Waals surface area contributed by atoms with Gasteiger partial charge < -0.3 is 15.8 Å². The van der Waals surface area contributed by atoms with E-state index in [9.17, 15) is 9.59 Å². The molecule has 0 bridgehead atoms. The summed E-state index contributed by atoms with van der Waals surface area (Å²) in [6.07, 6.45) is 0. The maximum absolute atomic E-state index is 11.3. The fraction of sp³-hybridized carbons (Fsp3) is 0.778. The lowest BCUT2D eigenvalue weighted by atomic mass is 10.3. The van der Waals surface area contributed by atoms with Crippen LogP contribution in [-0.4, -0.2) is 56.6 Å². The molecule has 15 heavy (non-hydrogen) atoms. The molecule has 0 aromatic rings. The molecule has 0 spiro atoms. The molecule has 0 aliphatic rings. The highest BCUT2D eigenvalue weighted by atomic mass is 16.5. The summed E-state index contributed by atoms with van der Waals surface area (Å²) >= 11 is 0. The maximum atomic E-state index is 11.3. The summed E-state index contributed by atoms with van der Waals surface area (Å²) in [6, 6.07) is -0.446. The van der Waals surface area contributed by atoms with Crippen molar-refractivity contribution in [2.24, 2.45) is 5.73 Å². The lowest BCUT2D eigenvalue weighted by Crippen LogP contribution is -2.45. The summed E-state index contributed by atoms with van der Waals surface area (Å²) in [4.78, 5) is 23.7. The van der Waals surface area contributed by atoms with Crippen molar-refractivity contribution in [2.45, 2.75) is 13.0 Å². The Morgan fingerprint density at radius 3 is 2.60 bits per heavy atom. The van der Waals surface area contributed by atoms with E-state index >= 15 is 0 Å². The van der Waals surface area contributed by atoms with Crippen molar-refractivity contribution in [1.82, 2.24) is 10.2 Å². The van der Waals surface area contributed by atoms with Gasteiger partial charge >= 0.3 is 0 Å². The first-order chi connectivity index (χ1) is 6.99. The fourth-order valence-electron chi connectivity index (χ4n) is 0.929. The molecule has 0 rings (SSSR count). The first kappa shape index (κ1) is 13.9. The number of ether oxygens (including phenoxy) is 1. The third-order valence-corrected chi connectivity index (χ3v) is 2.09. The topological polar surface area (TPSA) is 84.7 Å². The van der Waals surface area contributed by atoms with Gasteiger partial charge in [-0.05, 0) is 14.0 Å². The van der Waals surface area contributed by atoms with Gasteiger partial charge in [0.1, 0.15) is 0 Å². The quantitative estimate of drug-likeness (QED) is 0.511. The molecule has 0 aromatic heterocycles. The molecule has 6 heteroatoms. The molecular weight excluding hydrogens is 198 g/mol. The molecule has 0 saturated carbocycles. The van der Waals surface area contributed by atoms with Crippen LogP contribution in [0.3, 0.4) is 0 Å². The molecule has 3 N–H and O–H groups in total. The van der Waals surface area contributed by atoms with Gasteiger partial charge in [-0.3, -0.25) is 14.5 Å². The number of nitrogens with one attached hydrogen (secondary N) is 1. The molecule has 0 aliphatic heterocycles. The zero-order valence-corrected chi connectivity index (χ0v) is 9.45. The lowest BCUT2D eigenvalue weighted by molar-refractivity contribution is -0.125. The van der Waals surface area contributed by atoms with Gasteiger partial charge in [-0.1, -0.05) is 0 Å². The van der Waals surface area contributed by atoms with Gasteiger partial charge in [0.25, 0.3) is 0 Å². The van der Waals surface area contributed by atoms with Crippen LogP contribution in [0.2, 0.25) is 0 Å². The Balaban J connectivity index is 3.80. The standard InChI is InChI=1S/C9H19N3O3/c1-7(9(10)14)12(2)6-8(13)11-4-5-15-3/h7H,4-6H2,1-3H3,(H2,10,14)(H,11,13). The number of amides is 2. The average Bonchev–Trinajstić information content (AvgIpc) is 2.16. The molecule has 88 valence electrons. The minimum atomic E-state index is -0.446. The normalized spacial score (nSPS) is 12.5. The van der Waals surface area contributed by atoms with E-state index in [-0.39, 0.29) is 12.5 Å². The summed E-state index contributed by atoms with van der Waals surface area (Å²) in [6.45, 7) is 2.74. The van der Waals surface area contributed by atoms with E-state index in [0.29, 0.717) is 13.2 Å². The monoisotopic (exact) mass is 217 g/mol. The summed E-state index contributed by atoms with van der Waals surface area (Å²) in [5.41, 5.74) is 5.10. The molecule has 0 radical (unpaired) electrons. The molecule has 6 nitrogen and oxygen atoms in total. The Morgan fingerprint density at radius 1 is 1.53 bits per heavy atom. The van der Waals surface area contributed by atoms with Gasteiger partial charge in [-0.15, -0.1) is 0 Å². The molecule has 2 amide bonds. The molecule has 0 fully saturated rings. The van der Waals surface area contributed by atoms with Crippen molar-refractivity contribution in [1.29, 1.82) is 0 Å². The van der Waals surface area contributed by atoms with Crippen molar-refractivity contribution in [3.63, 3.8) is 0 Å². The average molecular weight is 217 g/mol.